The molecular formula is C32H33Cl2F3N6O8S2. The lowest BCUT2D eigenvalue weighted by Gasteiger charge is -2.35. The molecule has 21 heteroatoms. The van der Waals surface area contributed by atoms with E-state index in [0.717, 1.165) is 16.2 Å². The number of nitrogens with zero attached hydrogens (tertiary/aromatic N) is 3. The number of carboxylic acids is 1. The number of carboxylic acid groups (broad SMARTS) is 1. The van der Waals surface area contributed by atoms with Crippen LogP contribution in [0, 0.1) is 11.8 Å². The molecule has 0 aliphatic carbocycles. The molecule has 53 heavy (non-hydrogen) atoms. The summed E-state index contributed by atoms with van der Waals surface area (Å²) in [5.74, 6) is 1.06. The van der Waals surface area contributed by atoms with Gasteiger partial charge in [-0.05, 0) is 60.7 Å². The number of nitrogens with two attached hydrogens (primary N) is 1. The van der Waals surface area contributed by atoms with E-state index >= 15 is 0 Å². The fraction of sp³-hybridized carbons (Fsp3) is 0.281. The van der Waals surface area contributed by atoms with Crippen molar-refractivity contribution >= 4 is 78.1 Å². The Labute approximate surface area is 313 Å². The number of hydrogen-bond donors (Lipinski definition) is 4. The van der Waals surface area contributed by atoms with Gasteiger partial charge in [0.15, 0.2) is 0 Å². The molecule has 0 spiro atoms. The average molecular weight is 822 g/mol. The van der Waals surface area contributed by atoms with Gasteiger partial charge in [0.05, 0.1) is 22.4 Å². The summed E-state index contributed by atoms with van der Waals surface area (Å²) in [4.78, 5) is 36.2. The molecule has 1 heterocycles. The van der Waals surface area contributed by atoms with E-state index in [1.165, 1.54) is 53.8 Å². The van der Waals surface area contributed by atoms with Crippen LogP contribution in [0.3, 0.4) is 0 Å². The first-order chi connectivity index (χ1) is 24.6. The number of anilines is 3. The van der Waals surface area contributed by atoms with Gasteiger partial charge in [-0.1, -0.05) is 29.1 Å². The largest absolute Gasteiger partial charge is 0.490 e. The number of hydrogen-bond acceptors (Lipinski definition) is 9. The smallest absolute Gasteiger partial charge is 0.475 e. The number of sulfonamides is 2. The standard InChI is InChI=1S/C30H32Cl2N6O6S2.C2HF3O2/c1-36(45(2,41)42)28-9-3-21(4-10-29(39)34-12-11-33)17-27(28)30(40)35-24-5-7-26(8-6-24)46(43,44)38-15-13-37(14-16-38)25-19-22(31)18-23(32)20-25;3-2(4,5)1(6)7/h3,5-9,17-20H,11-16,33H2,1-2H3,(H,34,39)(H,35,40);(H,6,7). The molecule has 1 aliphatic heterocycles. The number of carbonyl (C=O) groups excluding carboxylic acids is 2. The molecule has 0 aromatic heterocycles. The molecule has 1 saturated heterocycles. The average Bonchev–Trinajstić information content (AvgIpc) is 3.08. The first kappa shape index (κ1) is 42.8. The van der Waals surface area contributed by atoms with Crippen LogP contribution in [0.2, 0.25) is 10.0 Å². The minimum Gasteiger partial charge on any atom is -0.475 e. The minimum absolute atomic E-state index is 0.0300. The van der Waals surface area contributed by atoms with Crippen LogP contribution in [-0.2, 0) is 29.6 Å². The van der Waals surface area contributed by atoms with Crippen LogP contribution in [0.1, 0.15) is 15.9 Å². The van der Waals surface area contributed by atoms with Gasteiger partial charge < -0.3 is 26.4 Å². The number of aliphatic carboxylic acids is 1. The number of benzene rings is 3. The zero-order valence-corrected chi connectivity index (χ0v) is 31.1. The second-order valence-corrected chi connectivity index (χ2v) is 15.9. The third-order valence-corrected chi connectivity index (χ3v) is 10.8. The fourth-order valence-electron chi connectivity index (χ4n) is 4.57. The highest BCUT2D eigenvalue weighted by Gasteiger charge is 2.38. The van der Waals surface area contributed by atoms with Crippen molar-refractivity contribution in [2.45, 2.75) is 11.1 Å². The maximum atomic E-state index is 13.4. The third kappa shape index (κ3) is 12.2. The van der Waals surface area contributed by atoms with Gasteiger partial charge in [-0.15, -0.1) is 0 Å². The van der Waals surface area contributed by atoms with Crippen molar-refractivity contribution in [3.05, 3.63) is 81.8 Å². The van der Waals surface area contributed by atoms with Crippen LogP contribution < -0.4 is 25.6 Å². The molecule has 0 radical (unpaired) electrons. The zero-order valence-electron chi connectivity index (χ0n) is 27.9. The summed E-state index contributed by atoms with van der Waals surface area (Å²) in [7, 11) is -6.26. The molecule has 286 valence electrons. The highest BCUT2D eigenvalue weighted by Crippen LogP contribution is 2.28. The maximum absolute atomic E-state index is 13.4. The molecule has 14 nitrogen and oxygen atoms in total. The predicted octanol–water partition coefficient (Wildman–Crippen LogP) is 3.21. The quantitative estimate of drug-likeness (QED) is 0.233. The number of piperazine rings is 1. The first-order valence-electron chi connectivity index (χ1n) is 15.1. The van der Waals surface area contributed by atoms with E-state index in [2.05, 4.69) is 22.5 Å². The highest BCUT2D eigenvalue weighted by atomic mass is 35.5. The van der Waals surface area contributed by atoms with Crippen LogP contribution in [0.5, 0.6) is 0 Å². The zero-order chi connectivity index (χ0) is 39.7. The lowest BCUT2D eigenvalue weighted by Crippen LogP contribution is -2.48. The first-order valence-corrected chi connectivity index (χ1v) is 19.2. The van der Waals surface area contributed by atoms with Crippen molar-refractivity contribution < 1.29 is 49.5 Å². The second kappa shape index (κ2) is 18.0. The molecule has 1 fully saturated rings. The van der Waals surface area contributed by atoms with Crippen LogP contribution in [0.4, 0.5) is 30.2 Å². The van der Waals surface area contributed by atoms with Crippen LogP contribution in [0.25, 0.3) is 0 Å². The molecule has 0 atom stereocenters. The number of amides is 2. The predicted molar refractivity (Wildman–Crippen MR) is 194 cm³/mol. The number of nitrogens with one attached hydrogen (secondary N) is 2. The molecule has 0 saturated carbocycles. The van der Waals surface area contributed by atoms with Gasteiger partial charge in [0.25, 0.3) is 11.8 Å². The number of rotatable bonds is 9. The number of carbonyl (C=O) groups is 3. The number of alkyl halides is 3. The van der Waals surface area contributed by atoms with E-state index in [9.17, 15) is 39.6 Å². The Balaban J connectivity index is 0.000000980. The topological polar surface area (TPSA) is 200 Å². The summed E-state index contributed by atoms with van der Waals surface area (Å²) in [5.41, 5.74) is 6.80. The summed E-state index contributed by atoms with van der Waals surface area (Å²) in [6.45, 7) is 1.86. The maximum Gasteiger partial charge on any atom is 0.490 e. The molecule has 2 amide bonds. The van der Waals surface area contributed by atoms with E-state index in [4.69, 9.17) is 38.8 Å². The normalized spacial score (nSPS) is 13.5. The van der Waals surface area contributed by atoms with Crippen molar-refractivity contribution in [3.8, 4) is 11.8 Å². The highest BCUT2D eigenvalue weighted by molar-refractivity contribution is 7.92. The van der Waals surface area contributed by atoms with Gasteiger partial charge in [0.1, 0.15) is 0 Å². The Morgan fingerprint density at radius 2 is 1.51 bits per heavy atom. The van der Waals surface area contributed by atoms with Crippen molar-refractivity contribution in [1.82, 2.24) is 9.62 Å². The Bertz CT molecular complexity index is 2100. The van der Waals surface area contributed by atoms with Crippen molar-refractivity contribution in [2.24, 2.45) is 5.73 Å². The third-order valence-electron chi connectivity index (χ3n) is 7.27. The van der Waals surface area contributed by atoms with E-state index in [0.29, 0.717) is 28.7 Å². The van der Waals surface area contributed by atoms with Crippen LogP contribution in [-0.4, -0.2) is 103 Å². The Kier molecular flexibility index (Phi) is 14.5. The Morgan fingerprint density at radius 3 is 2.02 bits per heavy atom. The molecular weight excluding hydrogens is 788 g/mol. The summed E-state index contributed by atoms with van der Waals surface area (Å²) in [6, 6.07) is 15.1. The number of halogens is 5. The van der Waals surface area contributed by atoms with Crippen LogP contribution in [0.15, 0.2) is 65.6 Å². The van der Waals surface area contributed by atoms with E-state index in [1.807, 2.05) is 4.90 Å². The van der Waals surface area contributed by atoms with Gasteiger partial charge in [0, 0.05) is 79.2 Å². The summed E-state index contributed by atoms with van der Waals surface area (Å²) in [6.07, 6.45) is -4.09. The Morgan fingerprint density at radius 1 is 0.943 bits per heavy atom. The Hall–Kier alpha value is -4.58. The van der Waals surface area contributed by atoms with Crippen LogP contribution >= 0.6 is 23.2 Å². The summed E-state index contributed by atoms with van der Waals surface area (Å²) >= 11 is 12.2. The minimum atomic E-state index is -5.08. The molecule has 5 N–H and O–H groups in total. The van der Waals surface area contributed by atoms with Gasteiger partial charge in [0.2, 0.25) is 20.0 Å². The molecule has 3 aromatic rings. The van der Waals surface area contributed by atoms with E-state index in [-0.39, 0.29) is 48.0 Å². The summed E-state index contributed by atoms with van der Waals surface area (Å²) < 4.78 is 85.4. The SMILES string of the molecule is CN(c1ccc(C#CC(=O)NCCN)cc1C(=O)Nc1ccc(S(=O)(=O)N2CCN(c3cc(Cl)cc(Cl)c3)CC2)cc1)S(C)(=O)=O.O=C(O)C(F)(F)F. The molecule has 4 rings (SSSR count). The molecule has 1 aliphatic rings. The van der Waals surface area contributed by atoms with Gasteiger partial charge >= 0.3 is 12.1 Å². The van der Waals surface area contributed by atoms with E-state index in [1.54, 1.807) is 18.2 Å². The fourth-order valence-corrected chi connectivity index (χ4v) is 7.03. The van der Waals surface area contributed by atoms with Crippen molar-refractivity contribution in [2.75, 3.05) is 67.1 Å². The van der Waals surface area contributed by atoms with Gasteiger partial charge in [-0.25, -0.2) is 21.6 Å². The van der Waals surface area contributed by atoms with Gasteiger partial charge in [-0.3, -0.25) is 13.9 Å². The molecule has 0 bridgehead atoms. The lowest BCUT2D eigenvalue weighted by molar-refractivity contribution is -0.192. The second-order valence-electron chi connectivity index (χ2n) is 11.1. The summed E-state index contributed by atoms with van der Waals surface area (Å²) in [5, 5.41) is 13.3. The molecule has 0 unspecified atom stereocenters. The van der Waals surface area contributed by atoms with Crippen molar-refractivity contribution in [1.29, 1.82) is 0 Å². The van der Waals surface area contributed by atoms with Crippen molar-refractivity contribution in [3.63, 3.8) is 0 Å². The molecule has 3 aromatic carbocycles. The lowest BCUT2D eigenvalue weighted by atomic mass is 10.1. The van der Waals surface area contributed by atoms with Gasteiger partial charge in [-0.2, -0.15) is 17.5 Å². The monoisotopic (exact) mass is 820 g/mol. The van der Waals surface area contributed by atoms with E-state index < -0.39 is 44.0 Å².